The van der Waals surface area contributed by atoms with E-state index in [4.69, 9.17) is 11.6 Å². The first kappa shape index (κ1) is 6.94. The number of rotatable bonds is 0. The minimum absolute atomic E-state index is 0.514. The van der Waals surface area contributed by atoms with E-state index in [2.05, 4.69) is 15.0 Å². The molecule has 0 spiro atoms. The first-order chi connectivity index (χ1) is 5.25. The third-order valence-electron chi connectivity index (χ3n) is 1.25. The average Bonchev–Trinajstić information content (AvgIpc) is 2.27. The summed E-state index contributed by atoms with van der Waals surface area (Å²) in [5.74, 6) is 0.748. The second-order valence-corrected chi connectivity index (χ2v) is 3.63. The highest BCUT2D eigenvalue weighted by Gasteiger charge is 2.02. The first-order valence-corrected chi connectivity index (χ1v) is 4.21. The van der Waals surface area contributed by atoms with E-state index >= 15 is 0 Å². The maximum atomic E-state index is 5.68. The van der Waals surface area contributed by atoms with Crippen molar-refractivity contribution in [2.45, 2.75) is 6.92 Å². The summed E-state index contributed by atoms with van der Waals surface area (Å²) in [4.78, 5) is 13.0. The minimum atomic E-state index is 0.514. The fourth-order valence-electron chi connectivity index (χ4n) is 0.792. The van der Waals surface area contributed by atoms with Crippen molar-refractivity contribution in [3.05, 3.63) is 16.5 Å². The highest BCUT2D eigenvalue weighted by atomic mass is 35.5. The third-order valence-corrected chi connectivity index (χ3v) is 2.31. The fraction of sp³-hybridized carbons (Fsp3) is 0.167. The van der Waals surface area contributed by atoms with Gasteiger partial charge in [0.15, 0.2) is 4.47 Å². The molecule has 3 nitrogen and oxygen atoms in total. The molecule has 0 atom stereocenters. The summed E-state index contributed by atoms with van der Waals surface area (Å²) in [6.07, 6.45) is 1.68. The zero-order valence-electron chi connectivity index (χ0n) is 5.71. The highest BCUT2D eigenvalue weighted by Crippen LogP contribution is 2.22. The number of hydrogen-bond acceptors (Lipinski definition) is 4. The van der Waals surface area contributed by atoms with Crippen LogP contribution in [0.4, 0.5) is 0 Å². The van der Waals surface area contributed by atoms with Crippen LogP contribution in [0.15, 0.2) is 6.20 Å². The zero-order chi connectivity index (χ0) is 7.84. The van der Waals surface area contributed by atoms with Crippen molar-refractivity contribution in [2.24, 2.45) is 0 Å². The standard InChI is InChI=1S/C6H4ClN3S/c1-3-8-2-4-5(9-3)11-6(7)10-4/h2H,1H3. The Balaban J connectivity index is 2.82. The zero-order valence-corrected chi connectivity index (χ0v) is 7.28. The van der Waals surface area contributed by atoms with Gasteiger partial charge in [0.2, 0.25) is 0 Å². The molecule has 0 aliphatic carbocycles. The van der Waals surface area contributed by atoms with E-state index in [1.165, 1.54) is 11.3 Å². The normalized spacial score (nSPS) is 10.7. The van der Waals surface area contributed by atoms with Gasteiger partial charge in [-0.3, -0.25) is 0 Å². The summed E-state index contributed by atoms with van der Waals surface area (Å²) in [5, 5.41) is 0. The van der Waals surface area contributed by atoms with E-state index in [1.807, 2.05) is 6.92 Å². The van der Waals surface area contributed by atoms with E-state index in [-0.39, 0.29) is 0 Å². The molecule has 2 heterocycles. The maximum absolute atomic E-state index is 5.68. The maximum Gasteiger partial charge on any atom is 0.186 e. The molecule has 0 amide bonds. The summed E-state index contributed by atoms with van der Waals surface area (Å²) < 4.78 is 0.514. The van der Waals surface area contributed by atoms with Gasteiger partial charge in [0.05, 0.1) is 6.20 Å². The number of hydrogen-bond donors (Lipinski definition) is 0. The number of halogens is 1. The van der Waals surface area contributed by atoms with E-state index in [1.54, 1.807) is 6.20 Å². The van der Waals surface area contributed by atoms with Gasteiger partial charge in [-0.05, 0) is 6.92 Å². The lowest BCUT2D eigenvalue weighted by Crippen LogP contribution is -1.83. The van der Waals surface area contributed by atoms with Gasteiger partial charge in [0.1, 0.15) is 16.2 Å². The van der Waals surface area contributed by atoms with Crippen LogP contribution in [-0.4, -0.2) is 15.0 Å². The minimum Gasteiger partial charge on any atom is -0.239 e. The highest BCUT2D eigenvalue weighted by molar-refractivity contribution is 7.21. The van der Waals surface area contributed by atoms with Gasteiger partial charge < -0.3 is 0 Å². The molecule has 56 valence electrons. The Morgan fingerprint density at radius 2 is 2.27 bits per heavy atom. The van der Waals surface area contributed by atoms with Gasteiger partial charge in [-0.1, -0.05) is 22.9 Å². The van der Waals surface area contributed by atoms with Crippen LogP contribution in [0.1, 0.15) is 5.82 Å². The molecule has 2 aromatic rings. The second kappa shape index (κ2) is 2.39. The molecule has 11 heavy (non-hydrogen) atoms. The van der Waals surface area contributed by atoms with Gasteiger partial charge in [-0.15, -0.1) is 0 Å². The van der Waals surface area contributed by atoms with E-state index in [0.29, 0.717) is 4.47 Å². The lowest BCUT2D eigenvalue weighted by Gasteiger charge is -1.87. The summed E-state index contributed by atoms with van der Waals surface area (Å²) in [6, 6.07) is 0. The van der Waals surface area contributed by atoms with Crippen molar-refractivity contribution < 1.29 is 0 Å². The third kappa shape index (κ3) is 1.19. The predicted molar refractivity (Wildman–Crippen MR) is 45.0 cm³/mol. The molecular weight excluding hydrogens is 182 g/mol. The number of aromatic nitrogens is 3. The fourth-order valence-corrected chi connectivity index (χ4v) is 1.79. The Morgan fingerprint density at radius 3 is 3.09 bits per heavy atom. The van der Waals surface area contributed by atoms with Crippen LogP contribution in [0.25, 0.3) is 10.3 Å². The molecule has 0 saturated carbocycles. The van der Waals surface area contributed by atoms with E-state index in [9.17, 15) is 0 Å². The molecule has 0 aromatic carbocycles. The molecule has 0 radical (unpaired) electrons. The molecule has 0 aliphatic heterocycles. The SMILES string of the molecule is Cc1ncc2nc(Cl)sc2n1. The Bertz CT molecular complexity index is 398. The van der Waals surface area contributed by atoms with Crippen LogP contribution in [-0.2, 0) is 0 Å². The number of nitrogens with zero attached hydrogens (tertiary/aromatic N) is 3. The Kier molecular flexibility index (Phi) is 1.51. The van der Waals surface area contributed by atoms with Crippen molar-refractivity contribution in [3.63, 3.8) is 0 Å². The first-order valence-electron chi connectivity index (χ1n) is 3.01. The second-order valence-electron chi connectivity index (χ2n) is 2.07. The molecule has 0 bridgehead atoms. The molecule has 0 N–H and O–H groups in total. The van der Waals surface area contributed by atoms with Gasteiger partial charge in [-0.2, -0.15) is 0 Å². The molecule has 0 aliphatic rings. The van der Waals surface area contributed by atoms with Gasteiger partial charge in [-0.25, -0.2) is 15.0 Å². The predicted octanol–water partition coefficient (Wildman–Crippen LogP) is 2.05. The van der Waals surface area contributed by atoms with Crippen molar-refractivity contribution >= 4 is 33.3 Å². The number of thiazole rings is 1. The van der Waals surface area contributed by atoms with Gasteiger partial charge >= 0.3 is 0 Å². The Labute approximate surface area is 72.1 Å². The van der Waals surface area contributed by atoms with Gasteiger partial charge in [0, 0.05) is 0 Å². The Hall–Kier alpha value is -0.740. The monoisotopic (exact) mass is 185 g/mol. The number of aryl methyl sites for hydroxylation is 1. The van der Waals surface area contributed by atoms with Crippen molar-refractivity contribution in [3.8, 4) is 0 Å². The van der Waals surface area contributed by atoms with Crippen LogP contribution >= 0.6 is 22.9 Å². The molecule has 2 aromatic heterocycles. The smallest absolute Gasteiger partial charge is 0.186 e. The van der Waals surface area contributed by atoms with Crippen LogP contribution in [0, 0.1) is 6.92 Å². The van der Waals surface area contributed by atoms with Crippen molar-refractivity contribution in [2.75, 3.05) is 0 Å². The average molecular weight is 186 g/mol. The van der Waals surface area contributed by atoms with Crippen LogP contribution in [0.2, 0.25) is 4.47 Å². The van der Waals surface area contributed by atoms with Gasteiger partial charge in [0.25, 0.3) is 0 Å². The molecule has 0 unspecified atom stereocenters. The van der Waals surface area contributed by atoms with Crippen molar-refractivity contribution in [1.82, 2.24) is 15.0 Å². The molecule has 5 heteroatoms. The summed E-state index contributed by atoms with van der Waals surface area (Å²) in [6.45, 7) is 1.84. The van der Waals surface area contributed by atoms with Crippen LogP contribution in [0.5, 0.6) is 0 Å². The summed E-state index contributed by atoms with van der Waals surface area (Å²) >= 11 is 7.04. The van der Waals surface area contributed by atoms with Crippen LogP contribution < -0.4 is 0 Å². The largest absolute Gasteiger partial charge is 0.239 e. The Morgan fingerprint density at radius 1 is 1.45 bits per heavy atom. The van der Waals surface area contributed by atoms with Crippen LogP contribution in [0.3, 0.4) is 0 Å². The quantitative estimate of drug-likeness (QED) is 0.631. The molecule has 0 fully saturated rings. The summed E-state index contributed by atoms with van der Waals surface area (Å²) in [5.41, 5.74) is 0.769. The van der Waals surface area contributed by atoms with E-state index < -0.39 is 0 Å². The molecule has 2 rings (SSSR count). The lowest BCUT2D eigenvalue weighted by molar-refractivity contribution is 1.09. The van der Waals surface area contributed by atoms with E-state index in [0.717, 1.165) is 16.2 Å². The summed E-state index contributed by atoms with van der Waals surface area (Å²) in [7, 11) is 0. The molecule has 0 saturated heterocycles. The lowest BCUT2D eigenvalue weighted by atomic mass is 10.5. The topological polar surface area (TPSA) is 38.7 Å². The number of fused-ring (bicyclic) bond motifs is 1. The molecular formula is C6H4ClN3S. The van der Waals surface area contributed by atoms with Crippen molar-refractivity contribution in [1.29, 1.82) is 0 Å².